The second-order valence-corrected chi connectivity index (χ2v) is 3.48. The molecule has 0 bridgehead atoms. The Morgan fingerprint density at radius 1 is 1.33 bits per heavy atom. The molecule has 0 aliphatic rings. The van der Waals surface area contributed by atoms with Crippen LogP contribution in [0.3, 0.4) is 0 Å². The van der Waals surface area contributed by atoms with Crippen molar-refractivity contribution in [2.24, 2.45) is 0 Å². The van der Waals surface area contributed by atoms with E-state index in [0.717, 1.165) is 12.1 Å². The molecule has 0 fully saturated rings. The summed E-state index contributed by atoms with van der Waals surface area (Å²) >= 11 is 0. The minimum absolute atomic E-state index is 0.117. The predicted octanol–water partition coefficient (Wildman–Crippen LogP) is 0.481. The smallest absolute Gasteiger partial charge is 0.269 e. The zero-order chi connectivity index (χ0) is 13.7. The molecule has 0 aliphatic heterocycles. The van der Waals surface area contributed by atoms with E-state index in [1.165, 1.54) is 19.1 Å². The summed E-state index contributed by atoms with van der Waals surface area (Å²) in [5.74, 6) is -1.13. The third-order valence-corrected chi connectivity index (χ3v) is 2.14. The minimum atomic E-state index is -1.27. The number of rotatable bonds is 5. The van der Waals surface area contributed by atoms with Crippen LogP contribution in [0.15, 0.2) is 24.3 Å². The monoisotopic (exact) mass is 250 g/mol. The highest BCUT2D eigenvalue weighted by atomic mass is 16.6. The number of amides is 1. The summed E-state index contributed by atoms with van der Waals surface area (Å²) in [6, 6.07) is 3.51. The Bertz CT molecular complexity index is 495. The van der Waals surface area contributed by atoms with E-state index in [2.05, 4.69) is 5.32 Å². The highest BCUT2D eigenvalue weighted by Crippen LogP contribution is 2.13. The Labute approximate surface area is 102 Å². The van der Waals surface area contributed by atoms with Gasteiger partial charge in [0.15, 0.2) is 5.78 Å². The molecule has 7 nitrogen and oxygen atoms in total. The van der Waals surface area contributed by atoms with Crippen molar-refractivity contribution in [2.45, 2.75) is 13.0 Å². The van der Waals surface area contributed by atoms with Crippen LogP contribution in [0.2, 0.25) is 0 Å². The topological polar surface area (TPSA) is 106 Å². The molecule has 1 N–H and O–H groups in total. The van der Waals surface area contributed by atoms with Crippen molar-refractivity contribution in [3.05, 3.63) is 39.9 Å². The van der Waals surface area contributed by atoms with Gasteiger partial charge in [-0.2, -0.15) is 0 Å². The fourth-order valence-electron chi connectivity index (χ4n) is 1.31. The van der Waals surface area contributed by atoms with E-state index in [4.69, 9.17) is 0 Å². The Hall–Kier alpha value is -2.57. The van der Waals surface area contributed by atoms with Crippen LogP contribution in [-0.4, -0.2) is 28.9 Å². The van der Waals surface area contributed by atoms with Gasteiger partial charge >= 0.3 is 0 Å². The number of hydrogen-bond donors (Lipinski definition) is 1. The highest BCUT2D eigenvalue weighted by Gasteiger charge is 2.20. The third-order valence-electron chi connectivity index (χ3n) is 2.14. The number of carbonyl (C=O) groups excluding carboxylic acids is 3. The Morgan fingerprint density at radius 2 is 1.89 bits per heavy atom. The molecular formula is C11H10N2O5. The van der Waals surface area contributed by atoms with Gasteiger partial charge in [0, 0.05) is 24.6 Å². The standard InChI is InChI=1S/C11H10N2O5/c1-7(15)12-10(6-14)11(16)8-2-4-9(5-3-8)13(17)18/h2-6,10H,1H3,(H,12,15). The normalized spacial score (nSPS) is 11.4. The van der Waals surface area contributed by atoms with Crippen molar-refractivity contribution in [2.75, 3.05) is 0 Å². The van der Waals surface area contributed by atoms with Gasteiger partial charge in [0.2, 0.25) is 5.91 Å². The number of ketones is 1. The highest BCUT2D eigenvalue weighted by molar-refractivity contribution is 6.10. The molecular weight excluding hydrogens is 240 g/mol. The molecule has 7 heteroatoms. The van der Waals surface area contributed by atoms with E-state index in [1.54, 1.807) is 0 Å². The van der Waals surface area contributed by atoms with Gasteiger partial charge in [-0.1, -0.05) is 0 Å². The van der Waals surface area contributed by atoms with Gasteiger partial charge in [-0.15, -0.1) is 0 Å². The summed E-state index contributed by atoms with van der Waals surface area (Å²) in [7, 11) is 0. The van der Waals surface area contributed by atoms with Gasteiger partial charge in [-0.05, 0) is 12.1 Å². The quantitative estimate of drug-likeness (QED) is 0.269. The third kappa shape index (κ3) is 3.21. The number of nitro benzene ring substituents is 1. The average Bonchev–Trinajstić information content (AvgIpc) is 2.35. The molecule has 0 spiro atoms. The zero-order valence-electron chi connectivity index (χ0n) is 9.45. The van der Waals surface area contributed by atoms with Crippen LogP contribution in [0.25, 0.3) is 0 Å². The van der Waals surface area contributed by atoms with Gasteiger partial charge in [-0.25, -0.2) is 0 Å². The SMILES string of the molecule is CC(=O)NC(C=O)C(=O)c1ccc([N+](=O)[O-])cc1. The molecule has 1 amide bonds. The summed E-state index contributed by atoms with van der Waals surface area (Å²) in [6.07, 6.45) is 0.311. The van der Waals surface area contributed by atoms with Gasteiger partial charge < -0.3 is 10.1 Å². The Morgan fingerprint density at radius 3 is 2.28 bits per heavy atom. The number of nitrogens with one attached hydrogen (secondary N) is 1. The van der Waals surface area contributed by atoms with Crippen LogP contribution < -0.4 is 5.32 Å². The molecule has 1 aromatic rings. The number of Topliss-reactive ketones (excluding diaryl/α,β-unsaturated/α-hetero) is 1. The maximum Gasteiger partial charge on any atom is 0.269 e. The summed E-state index contributed by atoms with van der Waals surface area (Å²) in [5, 5.41) is 12.6. The molecule has 0 heterocycles. The zero-order valence-corrected chi connectivity index (χ0v) is 9.45. The van der Waals surface area contributed by atoms with Crippen molar-refractivity contribution in [3.8, 4) is 0 Å². The molecule has 0 aliphatic carbocycles. The summed E-state index contributed by atoms with van der Waals surface area (Å²) < 4.78 is 0. The largest absolute Gasteiger partial charge is 0.340 e. The van der Waals surface area contributed by atoms with Crippen molar-refractivity contribution in [1.29, 1.82) is 0 Å². The molecule has 0 radical (unpaired) electrons. The lowest BCUT2D eigenvalue weighted by atomic mass is 10.0. The molecule has 94 valence electrons. The van der Waals surface area contributed by atoms with E-state index in [-0.39, 0.29) is 11.3 Å². The van der Waals surface area contributed by atoms with Crippen LogP contribution in [0.4, 0.5) is 5.69 Å². The number of non-ortho nitro benzene ring substituents is 1. The molecule has 1 unspecified atom stereocenters. The van der Waals surface area contributed by atoms with Crippen LogP contribution in [0.1, 0.15) is 17.3 Å². The summed E-state index contributed by atoms with van der Waals surface area (Å²) in [4.78, 5) is 43.1. The van der Waals surface area contributed by atoms with E-state index in [1.807, 2.05) is 0 Å². The summed E-state index contributed by atoms with van der Waals surface area (Å²) in [6.45, 7) is 1.18. The van der Waals surface area contributed by atoms with Crippen LogP contribution in [0.5, 0.6) is 0 Å². The molecule has 1 atom stereocenters. The Balaban J connectivity index is 2.92. The lowest BCUT2D eigenvalue weighted by Crippen LogP contribution is -2.40. The van der Waals surface area contributed by atoms with E-state index in [0.29, 0.717) is 6.29 Å². The minimum Gasteiger partial charge on any atom is -0.340 e. The van der Waals surface area contributed by atoms with Crippen molar-refractivity contribution >= 4 is 23.7 Å². The van der Waals surface area contributed by atoms with Crippen LogP contribution in [0, 0.1) is 10.1 Å². The van der Waals surface area contributed by atoms with Gasteiger partial charge in [-0.3, -0.25) is 19.7 Å². The first-order valence-corrected chi connectivity index (χ1v) is 4.96. The molecule has 18 heavy (non-hydrogen) atoms. The van der Waals surface area contributed by atoms with Crippen molar-refractivity contribution < 1.29 is 19.3 Å². The molecule has 0 saturated carbocycles. The number of aldehydes is 1. The first kappa shape index (κ1) is 13.5. The Kier molecular flexibility index (Phi) is 4.25. The first-order valence-electron chi connectivity index (χ1n) is 4.96. The van der Waals surface area contributed by atoms with Gasteiger partial charge in [0.25, 0.3) is 5.69 Å². The lowest BCUT2D eigenvalue weighted by Gasteiger charge is -2.09. The maximum absolute atomic E-state index is 11.8. The van der Waals surface area contributed by atoms with E-state index >= 15 is 0 Å². The van der Waals surface area contributed by atoms with Crippen molar-refractivity contribution in [1.82, 2.24) is 5.32 Å². The number of benzene rings is 1. The predicted molar refractivity (Wildman–Crippen MR) is 61.1 cm³/mol. The van der Waals surface area contributed by atoms with Crippen LogP contribution in [-0.2, 0) is 9.59 Å². The summed E-state index contributed by atoms with van der Waals surface area (Å²) in [5.41, 5.74) is -0.0415. The fraction of sp³-hybridized carbons (Fsp3) is 0.182. The average molecular weight is 250 g/mol. The number of nitro groups is 1. The number of carbonyl (C=O) groups is 3. The second-order valence-electron chi connectivity index (χ2n) is 3.48. The fourth-order valence-corrected chi connectivity index (χ4v) is 1.31. The molecule has 1 aromatic carbocycles. The molecule has 0 aromatic heterocycles. The number of nitrogens with zero attached hydrogens (tertiary/aromatic N) is 1. The molecule has 1 rings (SSSR count). The van der Waals surface area contributed by atoms with Crippen LogP contribution >= 0.6 is 0 Å². The first-order chi connectivity index (χ1) is 8.45. The van der Waals surface area contributed by atoms with E-state index < -0.39 is 22.7 Å². The number of hydrogen-bond acceptors (Lipinski definition) is 5. The second kappa shape index (κ2) is 5.67. The maximum atomic E-state index is 11.8. The molecule has 0 saturated heterocycles. The van der Waals surface area contributed by atoms with Gasteiger partial charge in [0.1, 0.15) is 12.3 Å². The van der Waals surface area contributed by atoms with Gasteiger partial charge in [0.05, 0.1) is 4.92 Å². The van der Waals surface area contributed by atoms with Crippen molar-refractivity contribution in [3.63, 3.8) is 0 Å². The lowest BCUT2D eigenvalue weighted by molar-refractivity contribution is -0.384. The van der Waals surface area contributed by atoms with E-state index in [9.17, 15) is 24.5 Å².